The average molecular weight is 185 g/mol. The quantitative estimate of drug-likeness (QED) is 0.710. The summed E-state index contributed by atoms with van der Waals surface area (Å²) in [6.45, 7) is 9.23. The molecule has 0 bridgehead atoms. The molecule has 0 radical (unpaired) electrons. The van der Waals surface area contributed by atoms with Crippen LogP contribution in [0.3, 0.4) is 0 Å². The van der Waals surface area contributed by atoms with Crippen LogP contribution in [0.25, 0.3) is 0 Å². The fourth-order valence-corrected chi connectivity index (χ4v) is 2.46. The highest BCUT2D eigenvalue weighted by molar-refractivity contribution is 4.80. The van der Waals surface area contributed by atoms with Crippen molar-refractivity contribution in [1.82, 2.24) is 5.32 Å². The summed E-state index contributed by atoms with van der Waals surface area (Å²) in [6, 6.07) is 1.44. The van der Waals surface area contributed by atoms with Gasteiger partial charge in [0.1, 0.15) is 0 Å². The first kappa shape index (κ1) is 11.0. The van der Waals surface area contributed by atoms with Crippen LogP contribution < -0.4 is 5.32 Å². The molecule has 1 nitrogen and oxygen atoms in total. The van der Waals surface area contributed by atoms with Gasteiger partial charge in [0.05, 0.1) is 0 Å². The molecule has 1 rings (SSSR count). The maximum atomic E-state index is 3.67. The first-order valence-corrected chi connectivity index (χ1v) is 5.85. The molecule has 13 heavy (non-hydrogen) atoms. The highest BCUT2D eigenvalue weighted by Crippen LogP contribution is 2.29. The van der Waals surface area contributed by atoms with Gasteiger partial charge in [0.25, 0.3) is 0 Å². The van der Waals surface area contributed by atoms with Crippen LogP contribution in [0.2, 0.25) is 0 Å². The van der Waals surface area contributed by atoms with Gasteiger partial charge < -0.3 is 5.32 Å². The normalized spacial score (nSPS) is 30.0. The summed E-state index contributed by atoms with van der Waals surface area (Å²) in [5, 5.41) is 3.67. The van der Waals surface area contributed by atoms with E-state index in [0.717, 1.165) is 17.9 Å². The molecule has 0 saturated heterocycles. The Hall–Kier alpha value is -0.0400. The molecule has 1 saturated carbocycles. The van der Waals surface area contributed by atoms with E-state index in [0.29, 0.717) is 6.04 Å². The molecule has 0 amide bonds. The molecule has 1 heteroatoms. The second kappa shape index (κ2) is 4.99. The highest BCUT2D eigenvalue weighted by Gasteiger charge is 2.23. The zero-order valence-corrected chi connectivity index (χ0v) is 9.64. The smallest absolute Gasteiger partial charge is 0.00721 e. The lowest BCUT2D eigenvalue weighted by Crippen LogP contribution is -2.39. The van der Waals surface area contributed by atoms with Crippen LogP contribution in [0.1, 0.15) is 54.8 Å². The van der Waals surface area contributed by atoms with Gasteiger partial charge in [-0.15, -0.1) is 0 Å². The van der Waals surface area contributed by atoms with Crippen molar-refractivity contribution < 1.29 is 1.43 Å². The number of nitrogens with one attached hydrogen (secondary N) is 1. The van der Waals surface area contributed by atoms with E-state index >= 15 is 0 Å². The van der Waals surface area contributed by atoms with Crippen molar-refractivity contribution in [3.63, 3.8) is 0 Å². The molecule has 1 aliphatic rings. The van der Waals surface area contributed by atoms with Crippen LogP contribution in [0.5, 0.6) is 0 Å². The van der Waals surface area contributed by atoms with Gasteiger partial charge in [-0.25, -0.2) is 0 Å². The van der Waals surface area contributed by atoms with Gasteiger partial charge >= 0.3 is 0 Å². The van der Waals surface area contributed by atoms with E-state index in [4.69, 9.17) is 0 Å². The summed E-state index contributed by atoms with van der Waals surface area (Å²) in [5.74, 6) is 1.83. The van der Waals surface area contributed by atoms with Crippen LogP contribution in [0.4, 0.5) is 0 Å². The molecule has 1 aliphatic carbocycles. The third-order valence-corrected chi connectivity index (χ3v) is 3.23. The maximum absolute atomic E-state index is 3.67. The van der Waals surface area contributed by atoms with Gasteiger partial charge in [-0.05, 0) is 24.7 Å². The fourth-order valence-electron chi connectivity index (χ4n) is 2.46. The first-order valence-electron chi connectivity index (χ1n) is 5.85. The highest BCUT2D eigenvalue weighted by atomic mass is 14.9. The molecule has 0 aromatic carbocycles. The fraction of sp³-hybridized carbons (Fsp3) is 1.00. The van der Waals surface area contributed by atoms with Gasteiger partial charge in [-0.2, -0.15) is 0 Å². The van der Waals surface area contributed by atoms with Gasteiger partial charge in [0.15, 0.2) is 0 Å². The predicted molar refractivity (Wildman–Crippen MR) is 61.0 cm³/mol. The van der Waals surface area contributed by atoms with Crippen molar-refractivity contribution in [3.8, 4) is 0 Å². The minimum Gasteiger partial charge on any atom is -0.312 e. The lowest BCUT2D eigenvalue weighted by Gasteiger charge is -2.33. The first-order chi connectivity index (χ1) is 6.09. The number of hydrogen-bond acceptors (Lipinski definition) is 1. The summed E-state index contributed by atoms with van der Waals surface area (Å²) in [4.78, 5) is 0. The van der Waals surface area contributed by atoms with Crippen LogP contribution >= 0.6 is 0 Å². The van der Waals surface area contributed by atoms with Crippen molar-refractivity contribution in [2.24, 2.45) is 11.8 Å². The zero-order chi connectivity index (χ0) is 9.84. The van der Waals surface area contributed by atoms with Crippen molar-refractivity contribution >= 4 is 0 Å². The minimum atomic E-state index is 0. The average Bonchev–Trinajstić information content (AvgIpc) is 2.03. The second-order valence-electron chi connectivity index (χ2n) is 5.19. The molecular weight excluding hydrogens is 158 g/mol. The Bertz CT molecular complexity index is 145. The van der Waals surface area contributed by atoms with E-state index in [2.05, 4.69) is 33.0 Å². The molecule has 80 valence electrons. The molecule has 0 spiro atoms. The Balaban J connectivity index is 0.00000169. The Morgan fingerprint density at radius 2 is 1.85 bits per heavy atom. The molecule has 0 heterocycles. The van der Waals surface area contributed by atoms with E-state index < -0.39 is 0 Å². The molecular formula is C12H27N. The summed E-state index contributed by atoms with van der Waals surface area (Å²) in [6.07, 6.45) is 5.67. The molecule has 0 aromatic heterocycles. The monoisotopic (exact) mass is 185 g/mol. The third kappa shape index (κ3) is 3.68. The molecule has 1 fully saturated rings. The van der Waals surface area contributed by atoms with E-state index in [9.17, 15) is 0 Å². The van der Waals surface area contributed by atoms with Gasteiger partial charge in [-0.3, -0.25) is 0 Å². The van der Waals surface area contributed by atoms with Crippen LogP contribution in [-0.4, -0.2) is 12.1 Å². The molecule has 0 aromatic rings. The lowest BCUT2D eigenvalue weighted by atomic mass is 9.79. The van der Waals surface area contributed by atoms with Gasteiger partial charge in [0.2, 0.25) is 0 Å². The van der Waals surface area contributed by atoms with E-state index in [1.54, 1.807) is 0 Å². The zero-order valence-electron chi connectivity index (χ0n) is 9.64. The second-order valence-corrected chi connectivity index (χ2v) is 5.19. The lowest BCUT2D eigenvalue weighted by molar-refractivity contribution is 0.224. The van der Waals surface area contributed by atoms with Crippen molar-refractivity contribution in [3.05, 3.63) is 0 Å². The summed E-state index contributed by atoms with van der Waals surface area (Å²) < 4.78 is 0. The summed E-state index contributed by atoms with van der Waals surface area (Å²) in [5.41, 5.74) is 0. The Kier molecular flexibility index (Phi) is 4.24. The third-order valence-electron chi connectivity index (χ3n) is 3.23. The molecule has 0 aliphatic heterocycles. The molecule has 2 atom stereocenters. The Morgan fingerprint density at radius 3 is 2.38 bits per heavy atom. The minimum absolute atomic E-state index is 0. The van der Waals surface area contributed by atoms with Crippen molar-refractivity contribution in [2.75, 3.05) is 0 Å². The summed E-state index contributed by atoms with van der Waals surface area (Å²) in [7, 11) is 0. The standard InChI is InChI=1S/C12H25N.H2/c1-9(2)11-6-5-7-12(8-11)13-10(3)4;/h9-13H,5-8H2,1-4H3;1H. The largest absolute Gasteiger partial charge is 0.312 e. The predicted octanol–water partition coefficient (Wildman–Crippen LogP) is 3.45. The van der Waals surface area contributed by atoms with Gasteiger partial charge in [-0.1, -0.05) is 40.5 Å². The number of rotatable bonds is 3. The van der Waals surface area contributed by atoms with Crippen molar-refractivity contribution in [2.45, 2.75) is 65.5 Å². The summed E-state index contributed by atoms with van der Waals surface area (Å²) >= 11 is 0. The number of hydrogen-bond donors (Lipinski definition) is 1. The van der Waals surface area contributed by atoms with Crippen LogP contribution in [-0.2, 0) is 0 Å². The van der Waals surface area contributed by atoms with Gasteiger partial charge in [0, 0.05) is 13.5 Å². The van der Waals surface area contributed by atoms with Crippen LogP contribution in [0.15, 0.2) is 0 Å². The van der Waals surface area contributed by atoms with E-state index in [1.807, 2.05) is 0 Å². The van der Waals surface area contributed by atoms with Crippen LogP contribution in [0, 0.1) is 11.8 Å². The Morgan fingerprint density at radius 1 is 1.15 bits per heavy atom. The van der Waals surface area contributed by atoms with E-state index in [1.165, 1.54) is 25.7 Å². The topological polar surface area (TPSA) is 12.0 Å². The SMILES string of the molecule is CC(C)NC1CCCC(C(C)C)C1.[HH]. The molecule has 2 unspecified atom stereocenters. The Labute approximate surface area is 84.8 Å². The van der Waals surface area contributed by atoms with E-state index in [-0.39, 0.29) is 1.43 Å². The maximum Gasteiger partial charge on any atom is 0.00721 e. The molecule has 1 N–H and O–H groups in total. The van der Waals surface area contributed by atoms with Crippen molar-refractivity contribution in [1.29, 1.82) is 0 Å².